The maximum atomic E-state index is 12.2. The number of nitrogens with one attached hydrogen (secondary N) is 3. The third kappa shape index (κ3) is 5.31. The van der Waals surface area contributed by atoms with Crippen LogP contribution in [0, 0.1) is 0 Å². The van der Waals surface area contributed by atoms with Gasteiger partial charge in [-0.15, -0.1) is 0 Å². The summed E-state index contributed by atoms with van der Waals surface area (Å²) < 4.78 is 26.8. The maximum Gasteiger partial charge on any atom is 0.241 e. The summed E-state index contributed by atoms with van der Waals surface area (Å²) in [5, 5.41) is 5.60. The Morgan fingerprint density at radius 1 is 1.33 bits per heavy atom. The average molecular weight is 314 g/mol. The van der Waals surface area contributed by atoms with Crippen LogP contribution in [0.25, 0.3) is 0 Å². The number of rotatable bonds is 7. The van der Waals surface area contributed by atoms with Crippen LogP contribution >= 0.6 is 0 Å². The number of hydrogen-bond acceptors (Lipinski definition) is 5. The lowest BCUT2D eigenvalue weighted by atomic mass is 10.3. The molecular weight excluding hydrogens is 292 g/mol. The third-order valence-electron chi connectivity index (χ3n) is 2.56. The largest absolute Gasteiger partial charge is 0.370 e. The highest BCUT2D eigenvalue weighted by molar-refractivity contribution is 7.89. The minimum atomic E-state index is -3.77. The molecule has 0 fully saturated rings. The number of carbonyl (C=O) groups excluding carboxylic acids is 1. The van der Waals surface area contributed by atoms with Crippen molar-refractivity contribution >= 4 is 21.7 Å². The predicted octanol–water partition coefficient (Wildman–Crippen LogP) is 0.705. The molecule has 0 saturated heterocycles. The van der Waals surface area contributed by atoms with Crippen molar-refractivity contribution in [2.75, 3.05) is 11.9 Å². The highest BCUT2D eigenvalue weighted by atomic mass is 32.2. The van der Waals surface area contributed by atoms with Crippen LogP contribution in [0.4, 0.5) is 5.82 Å². The highest BCUT2D eigenvalue weighted by Crippen LogP contribution is 2.13. The Morgan fingerprint density at radius 2 is 2.00 bits per heavy atom. The predicted molar refractivity (Wildman–Crippen MR) is 81.5 cm³/mol. The first-order chi connectivity index (χ1) is 9.76. The number of amides is 1. The number of hydrogen-bond donors (Lipinski definition) is 3. The summed E-state index contributed by atoms with van der Waals surface area (Å²) in [4.78, 5) is 15.9. The molecule has 3 N–H and O–H groups in total. The summed E-state index contributed by atoms with van der Waals surface area (Å²) in [7, 11) is -3.77. The van der Waals surface area contributed by atoms with Crippen LogP contribution < -0.4 is 15.4 Å². The first kappa shape index (κ1) is 17.4. The van der Waals surface area contributed by atoms with Gasteiger partial charge in [0.15, 0.2) is 0 Å². The van der Waals surface area contributed by atoms with E-state index in [0.717, 1.165) is 0 Å². The van der Waals surface area contributed by atoms with Gasteiger partial charge in [0.05, 0.1) is 10.9 Å². The standard InChI is InChI=1S/C13H22N4O3S/c1-5-14-12-8-11(6-7-15-12)21(19,20)17-10(4)13(18)16-9(2)3/h6-10,17H,5H2,1-4H3,(H,14,15)(H,16,18). The molecule has 1 aromatic heterocycles. The Balaban J connectivity index is 2.86. The quantitative estimate of drug-likeness (QED) is 0.688. The van der Waals surface area contributed by atoms with Crippen molar-refractivity contribution in [3.8, 4) is 0 Å². The van der Waals surface area contributed by atoms with E-state index in [1.54, 1.807) is 0 Å². The number of sulfonamides is 1. The van der Waals surface area contributed by atoms with Crippen LogP contribution in [0.2, 0.25) is 0 Å². The molecule has 1 heterocycles. The summed E-state index contributed by atoms with van der Waals surface area (Å²) in [5.41, 5.74) is 0. The Hall–Kier alpha value is -1.67. The van der Waals surface area contributed by atoms with E-state index in [9.17, 15) is 13.2 Å². The molecule has 0 bridgehead atoms. The first-order valence-electron chi connectivity index (χ1n) is 6.79. The Bertz CT molecular complexity index is 587. The smallest absolute Gasteiger partial charge is 0.241 e. The summed E-state index contributed by atoms with van der Waals surface area (Å²) in [5.74, 6) is 0.106. The Labute approximate surface area is 125 Å². The molecule has 0 aliphatic heterocycles. The van der Waals surface area contributed by atoms with Gasteiger partial charge >= 0.3 is 0 Å². The van der Waals surface area contributed by atoms with Gasteiger partial charge in [-0.25, -0.2) is 13.4 Å². The number of nitrogens with zero attached hydrogens (tertiary/aromatic N) is 1. The normalized spacial score (nSPS) is 13.0. The Morgan fingerprint density at radius 3 is 2.57 bits per heavy atom. The minimum Gasteiger partial charge on any atom is -0.370 e. The second kappa shape index (κ2) is 7.37. The molecule has 0 aliphatic carbocycles. The number of aromatic nitrogens is 1. The Kier molecular flexibility index (Phi) is 6.10. The molecule has 1 atom stereocenters. The number of pyridine rings is 1. The van der Waals surface area contributed by atoms with Crippen LogP contribution in [-0.4, -0.2) is 37.9 Å². The molecule has 0 radical (unpaired) electrons. The first-order valence-corrected chi connectivity index (χ1v) is 8.27. The molecule has 0 aromatic carbocycles. The molecule has 1 amide bonds. The van der Waals surface area contributed by atoms with Gasteiger partial charge in [0, 0.05) is 24.8 Å². The van der Waals surface area contributed by atoms with Crippen molar-refractivity contribution in [1.82, 2.24) is 15.0 Å². The second-order valence-electron chi connectivity index (χ2n) is 4.91. The molecule has 1 rings (SSSR count). The molecule has 7 nitrogen and oxygen atoms in total. The molecule has 8 heteroatoms. The highest BCUT2D eigenvalue weighted by Gasteiger charge is 2.22. The fourth-order valence-corrected chi connectivity index (χ4v) is 2.84. The van der Waals surface area contributed by atoms with Crippen LogP contribution in [0.15, 0.2) is 23.2 Å². The van der Waals surface area contributed by atoms with Crippen LogP contribution in [0.1, 0.15) is 27.7 Å². The van der Waals surface area contributed by atoms with Crippen molar-refractivity contribution in [3.63, 3.8) is 0 Å². The van der Waals surface area contributed by atoms with Crippen LogP contribution in [-0.2, 0) is 14.8 Å². The van der Waals surface area contributed by atoms with E-state index >= 15 is 0 Å². The van der Waals surface area contributed by atoms with Gasteiger partial charge in [0.1, 0.15) is 5.82 Å². The van der Waals surface area contributed by atoms with Crippen molar-refractivity contribution in [2.45, 2.75) is 44.7 Å². The van der Waals surface area contributed by atoms with Gasteiger partial charge in [-0.3, -0.25) is 4.79 Å². The van der Waals surface area contributed by atoms with E-state index < -0.39 is 16.1 Å². The summed E-state index contributed by atoms with van der Waals surface area (Å²) >= 11 is 0. The van der Waals surface area contributed by atoms with Gasteiger partial charge in [-0.05, 0) is 33.8 Å². The van der Waals surface area contributed by atoms with Crippen molar-refractivity contribution in [1.29, 1.82) is 0 Å². The lowest BCUT2D eigenvalue weighted by molar-refractivity contribution is -0.122. The topological polar surface area (TPSA) is 100 Å². The van der Waals surface area contributed by atoms with E-state index in [4.69, 9.17) is 0 Å². The molecule has 0 aliphatic rings. The zero-order valence-electron chi connectivity index (χ0n) is 12.7. The maximum absolute atomic E-state index is 12.2. The van der Waals surface area contributed by atoms with Crippen LogP contribution in [0.5, 0.6) is 0 Å². The SMILES string of the molecule is CCNc1cc(S(=O)(=O)NC(C)C(=O)NC(C)C)ccn1. The van der Waals surface area contributed by atoms with E-state index in [1.807, 2.05) is 20.8 Å². The van der Waals surface area contributed by atoms with Crippen molar-refractivity contribution in [3.05, 3.63) is 18.3 Å². The zero-order valence-corrected chi connectivity index (χ0v) is 13.5. The number of carbonyl (C=O) groups is 1. The second-order valence-corrected chi connectivity index (χ2v) is 6.63. The van der Waals surface area contributed by atoms with Crippen LogP contribution in [0.3, 0.4) is 0 Å². The van der Waals surface area contributed by atoms with E-state index in [-0.39, 0.29) is 16.8 Å². The summed E-state index contributed by atoms with van der Waals surface area (Å²) in [6, 6.07) is 1.91. The fourth-order valence-electron chi connectivity index (χ4n) is 1.62. The monoisotopic (exact) mass is 314 g/mol. The van der Waals surface area contributed by atoms with Gasteiger partial charge in [-0.2, -0.15) is 4.72 Å². The lowest BCUT2D eigenvalue weighted by Gasteiger charge is -2.16. The molecule has 21 heavy (non-hydrogen) atoms. The fraction of sp³-hybridized carbons (Fsp3) is 0.538. The molecule has 0 spiro atoms. The van der Waals surface area contributed by atoms with Gasteiger partial charge < -0.3 is 10.6 Å². The molecule has 1 aromatic rings. The van der Waals surface area contributed by atoms with E-state index in [1.165, 1.54) is 25.3 Å². The van der Waals surface area contributed by atoms with Gasteiger partial charge in [-0.1, -0.05) is 0 Å². The third-order valence-corrected chi connectivity index (χ3v) is 4.09. The van der Waals surface area contributed by atoms with E-state index in [2.05, 4.69) is 20.3 Å². The lowest BCUT2D eigenvalue weighted by Crippen LogP contribution is -2.46. The van der Waals surface area contributed by atoms with Crippen molar-refractivity contribution in [2.24, 2.45) is 0 Å². The molecule has 0 saturated carbocycles. The average Bonchev–Trinajstić information content (AvgIpc) is 2.38. The van der Waals surface area contributed by atoms with E-state index in [0.29, 0.717) is 12.4 Å². The van der Waals surface area contributed by atoms with Gasteiger partial charge in [0.2, 0.25) is 15.9 Å². The molecular formula is C13H22N4O3S. The molecule has 1 unspecified atom stereocenters. The van der Waals surface area contributed by atoms with Gasteiger partial charge in [0.25, 0.3) is 0 Å². The summed E-state index contributed by atoms with van der Waals surface area (Å²) in [6.07, 6.45) is 1.41. The summed E-state index contributed by atoms with van der Waals surface area (Å²) in [6.45, 7) is 7.65. The van der Waals surface area contributed by atoms with Crippen molar-refractivity contribution < 1.29 is 13.2 Å². The molecule has 118 valence electrons. The zero-order chi connectivity index (χ0) is 16.0. The number of anilines is 1. The minimum absolute atomic E-state index is 0.0502.